The van der Waals surface area contributed by atoms with Crippen molar-refractivity contribution in [3.63, 3.8) is 0 Å². The molecule has 0 radical (unpaired) electrons. The van der Waals surface area contributed by atoms with Crippen molar-refractivity contribution in [3.8, 4) is 0 Å². The fourth-order valence-electron chi connectivity index (χ4n) is 2.39. The first kappa shape index (κ1) is 14.3. The van der Waals surface area contributed by atoms with E-state index < -0.39 is 0 Å². The summed E-state index contributed by atoms with van der Waals surface area (Å²) in [4.78, 5) is 14.2. The number of amides is 1. The van der Waals surface area contributed by atoms with Gasteiger partial charge in [-0.15, -0.1) is 0 Å². The first-order valence-electron chi connectivity index (χ1n) is 6.62. The Balaban J connectivity index is 2.13. The average molecular weight is 282 g/mol. The van der Waals surface area contributed by atoms with Crippen LogP contribution in [0.4, 0.5) is 0 Å². The van der Waals surface area contributed by atoms with Gasteiger partial charge < -0.3 is 15.5 Å². The van der Waals surface area contributed by atoms with Gasteiger partial charge in [0.15, 0.2) is 0 Å². The van der Waals surface area contributed by atoms with Crippen LogP contribution in [-0.4, -0.2) is 44.0 Å². The fourth-order valence-corrected chi connectivity index (χ4v) is 2.59. The molecule has 1 aromatic carbocycles. The SMILES string of the molecule is CNCCC(=O)N1CCNCC1c1cccc(Cl)c1. The van der Waals surface area contributed by atoms with Crippen molar-refractivity contribution >= 4 is 17.5 Å². The predicted octanol–water partition coefficient (Wildman–Crippen LogP) is 1.42. The van der Waals surface area contributed by atoms with Gasteiger partial charge in [0, 0.05) is 37.6 Å². The van der Waals surface area contributed by atoms with E-state index in [1.807, 2.05) is 36.2 Å². The molecule has 5 heteroatoms. The van der Waals surface area contributed by atoms with Gasteiger partial charge in [0.25, 0.3) is 0 Å². The summed E-state index contributed by atoms with van der Waals surface area (Å²) >= 11 is 6.04. The topological polar surface area (TPSA) is 44.4 Å². The maximum absolute atomic E-state index is 12.3. The summed E-state index contributed by atoms with van der Waals surface area (Å²) in [6, 6.07) is 7.84. The molecule has 1 aromatic rings. The van der Waals surface area contributed by atoms with Gasteiger partial charge >= 0.3 is 0 Å². The minimum atomic E-state index is 0.0804. The van der Waals surface area contributed by atoms with E-state index in [1.165, 1.54) is 0 Å². The van der Waals surface area contributed by atoms with Crippen molar-refractivity contribution in [1.29, 1.82) is 0 Å². The number of carbonyl (C=O) groups is 1. The first-order chi connectivity index (χ1) is 9.22. The minimum Gasteiger partial charge on any atom is -0.333 e. The summed E-state index contributed by atoms with van der Waals surface area (Å²) in [7, 11) is 1.86. The van der Waals surface area contributed by atoms with E-state index in [0.717, 1.165) is 25.2 Å². The lowest BCUT2D eigenvalue weighted by atomic mass is 10.0. The van der Waals surface area contributed by atoms with Crippen molar-refractivity contribution in [2.75, 3.05) is 33.2 Å². The number of nitrogens with one attached hydrogen (secondary N) is 2. The Labute approximate surface area is 119 Å². The molecule has 1 aliphatic heterocycles. The molecule has 4 nitrogen and oxygen atoms in total. The quantitative estimate of drug-likeness (QED) is 0.877. The molecule has 0 spiro atoms. The highest BCUT2D eigenvalue weighted by Gasteiger charge is 2.27. The lowest BCUT2D eigenvalue weighted by Crippen LogP contribution is -2.49. The molecular weight excluding hydrogens is 262 g/mol. The molecule has 2 rings (SSSR count). The smallest absolute Gasteiger partial charge is 0.224 e. The van der Waals surface area contributed by atoms with Crippen LogP contribution in [0.5, 0.6) is 0 Å². The third-order valence-corrected chi connectivity index (χ3v) is 3.62. The number of benzene rings is 1. The molecule has 0 aromatic heterocycles. The van der Waals surface area contributed by atoms with E-state index in [0.29, 0.717) is 18.0 Å². The van der Waals surface area contributed by atoms with E-state index in [4.69, 9.17) is 11.6 Å². The molecule has 0 bridgehead atoms. The van der Waals surface area contributed by atoms with Crippen LogP contribution in [0, 0.1) is 0 Å². The summed E-state index contributed by atoms with van der Waals surface area (Å²) in [6.45, 7) is 3.10. The van der Waals surface area contributed by atoms with E-state index in [2.05, 4.69) is 10.6 Å². The number of nitrogens with zero attached hydrogens (tertiary/aromatic N) is 1. The molecule has 0 aliphatic carbocycles. The summed E-state index contributed by atoms with van der Waals surface area (Å²) in [5.41, 5.74) is 1.09. The average Bonchev–Trinajstić information content (AvgIpc) is 2.45. The molecule has 1 aliphatic rings. The zero-order chi connectivity index (χ0) is 13.7. The van der Waals surface area contributed by atoms with Crippen LogP contribution in [-0.2, 0) is 4.79 Å². The summed E-state index contributed by atoms with van der Waals surface area (Å²) in [6.07, 6.45) is 0.535. The van der Waals surface area contributed by atoms with Gasteiger partial charge in [-0.2, -0.15) is 0 Å². The molecule has 1 fully saturated rings. The number of rotatable bonds is 4. The van der Waals surface area contributed by atoms with E-state index in [-0.39, 0.29) is 11.9 Å². The van der Waals surface area contributed by atoms with Crippen LogP contribution in [0.1, 0.15) is 18.0 Å². The van der Waals surface area contributed by atoms with Crippen molar-refractivity contribution in [2.45, 2.75) is 12.5 Å². The monoisotopic (exact) mass is 281 g/mol. The third kappa shape index (κ3) is 3.69. The standard InChI is InChI=1S/C14H20ClN3O/c1-16-6-5-14(19)18-8-7-17-10-13(18)11-3-2-4-12(15)9-11/h2-4,9,13,16-17H,5-8,10H2,1H3. The van der Waals surface area contributed by atoms with Gasteiger partial charge in [-0.25, -0.2) is 0 Å². The summed E-state index contributed by atoms with van der Waals surface area (Å²) in [5, 5.41) is 7.07. The molecule has 1 atom stereocenters. The van der Waals surface area contributed by atoms with Gasteiger partial charge in [0.1, 0.15) is 0 Å². The van der Waals surface area contributed by atoms with Gasteiger partial charge in [-0.1, -0.05) is 23.7 Å². The van der Waals surface area contributed by atoms with Crippen molar-refractivity contribution < 1.29 is 4.79 Å². The van der Waals surface area contributed by atoms with Crippen LogP contribution >= 0.6 is 11.6 Å². The molecule has 0 saturated carbocycles. The van der Waals surface area contributed by atoms with E-state index in [1.54, 1.807) is 0 Å². The maximum atomic E-state index is 12.3. The molecule has 1 heterocycles. The van der Waals surface area contributed by atoms with Crippen LogP contribution in [0.3, 0.4) is 0 Å². The van der Waals surface area contributed by atoms with Gasteiger partial charge in [0.2, 0.25) is 5.91 Å². The second-order valence-corrected chi connectivity index (χ2v) is 5.15. The summed E-state index contributed by atoms with van der Waals surface area (Å²) in [5.74, 6) is 0.195. The number of halogens is 1. The Morgan fingerprint density at radius 3 is 3.16 bits per heavy atom. The molecule has 104 valence electrons. The molecule has 1 saturated heterocycles. The zero-order valence-corrected chi connectivity index (χ0v) is 11.9. The Kier molecular flexibility index (Phi) is 5.19. The fraction of sp³-hybridized carbons (Fsp3) is 0.500. The molecule has 2 N–H and O–H groups in total. The van der Waals surface area contributed by atoms with Crippen molar-refractivity contribution in [2.24, 2.45) is 0 Å². The largest absolute Gasteiger partial charge is 0.333 e. The number of hydrogen-bond acceptors (Lipinski definition) is 3. The normalized spacial score (nSPS) is 19.5. The van der Waals surface area contributed by atoms with Gasteiger partial charge in [0.05, 0.1) is 6.04 Å². The van der Waals surface area contributed by atoms with Crippen molar-refractivity contribution in [3.05, 3.63) is 34.9 Å². The van der Waals surface area contributed by atoms with Crippen LogP contribution in [0.15, 0.2) is 24.3 Å². The highest BCUT2D eigenvalue weighted by Crippen LogP contribution is 2.25. The molecule has 1 amide bonds. The number of carbonyl (C=O) groups excluding carboxylic acids is 1. The number of hydrogen-bond donors (Lipinski definition) is 2. The van der Waals surface area contributed by atoms with E-state index in [9.17, 15) is 4.79 Å². The molecule has 19 heavy (non-hydrogen) atoms. The number of piperazine rings is 1. The Bertz CT molecular complexity index is 438. The Hall–Kier alpha value is -1.10. The van der Waals surface area contributed by atoms with Crippen LogP contribution in [0.2, 0.25) is 5.02 Å². The third-order valence-electron chi connectivity index (χ3n) is 3.39. The Morgan fingerprint density at radius 1 is 1.58 bits per heavy atom. The highest BCUT2D eigenvalue weighted by molar-refractivity contribution is 6.30. The maximum Gasteiger partial charge on any atom is 0.224 e. The van der Waals surface area contributed by atoms with Crippen molar-refractivity contribution in [1.82, 2.24) is 15.5 Å². The molecule has 1 unspecified atom stereocenters. The predicted molar refractivity (Wildman–Crippen MR) is 77.3 cm³/mol. The van der Waals surface area contributed by atoms with E-state index >= 15 is 0 Å². The minimum absolute atomic E-state index is 0.0804. The van der Waals surface area contributed by atoms with Gasteiger partial charge in [-0.05, 0) is 24.7 Å². The zero-order valence-electron chi connectivity index (χ0n) is 11.2. The van der Waals surface area contributed by atoms with Crippen LogP contribution in [0.25, 0.3) is 0 Å². The highest BCUT2D eigenvalue weighted by atomic mass is 35.5. The lowest BCUT2D eigenvalue weighted by molar-refractivity contribution is -0.134. The first-order valence-corrected chi connectivity index (χ1v) is 7.00. The second-order valence-electron chi connectivity index (χ2n) is 4.72. The van der Waals surface area contributed by atoms with Crippen LogP contribution < -0.4 is 10.6 Å². The second kappa shape index (κ2) is 6.89. The summed E-state index contributed by atoms with van der Waals surface area (Å²) < 4.78 is 0. The lowest BCUT2D eigenvalue weighted by Gasteiger charge is -2.36. The van der Waals surface area contributed by atoms with Gasteiger partial charge in [-0.3, -0.25) is 4.79 Å². The Morgan fingerprint density at radius 2 is 2.42 bits per heavy atom. The molecular formula is C14H20ClN3O.